The van der Waals surface area contributed by atoms with Crippen LogP contribution in [0.3, 0.4) is 0 Å². The highest BCUT2D eigenvalue weighted by Gasteiger charge is 2.25. The minimum absolute atomic E-state index is 0.437. The van der Waals surface area contributed by atoms with Gasteiger partial charge in [0.05, 0.1) is 19.3 Å². The Bertz CT molecular complexity index is 421. The first-order chi connectivity index (χ1) is 10.2. The highest BCUT2D eigenvalue weighted by molar-refractivity contribution is 5.28. The largest absolute Gasteiger partial charge is 0.497 e. The van der Waals surface area contributed by atoms with Crippen LogP contribution in [0.1, 0.15) is 38.7 Å². The summed E-state index contributed by atoms with van der Waals surface area (Å²) in [5.41, 5.74) is 1.35. The third-order valence-corrected chi connectivity index (χ3v) is 4.26. The summed E-state index contributed by atoms with van der Waals surface area (Å²) < 4.78 is 11.3. The Morgan fingerprint density at radius 1 is 1.38 bits per heavy atom. The highest BCUT2D eigenvalue weighted by atomic mass is 16.5. The van der Waals surface area contributed by atoms with Crippen molar-refractivity contribution in [2.75, 3.05) is 20.2 Å². The normalized spacial score (nSPS) is 23.2. The molecular weight excluding hydrogens is 262 g/mol. The molecular formula is C18H29NO2. The molecule has 1 aliphatic heterocycles. The van der Waals surface area contributed by atoms with Crippen molar-refractivity contribution in [1.29, 1.82) is 0 Å². The second kappa shape index (κ2) is 8.40. The third kappa shape index (κ3) is 5.33. The van der Waals surface area contributed by atoms with Crippen molar-refractivity contribution in [2.45, 2.75) is 51.7 Å². The Morgan fingerprint density at radius 2 is 2.24 bits per heavy atom. The van der Waals surface area contributed by atoms with Gasteiger partial charge in [0.25, 0.3) is 0 Å². The summed E-state index contributed by atoms with van der Waals surface area (Å²) in [5, 5.41) is 3.50. The lowest BCUT2D eigenvalue weighted by Gasteiger charge is -2.21. The van der Waals surface area contributed by atoms with Crippen molar-refractivity contribution < 1.29 is 9.47 Å². The molecule has 1 aromatic carbocycles. The number of nitrogens with one attached hydrogen (secondary N) is 1. The number of hydrogen-bond donors (Lipinski definition) is 1. The fourth-order valence-corrected chi connectivity index (χ4v) is 3.15. The first-order valence-corrected chi connectivity index (χ1v) is 8.20. The van der Waals surface area contributed by atoms with Crippen LogP contribution in [0.2, 0.25) is 0 Å². The van der Waals surface area contributed by atoms with Gasteiger partial charge in [0, 0.05) is 0 Å². The number of benzene rings is 1. The zero-order chi connectivity index (χ0) is 15.1. The first kappa shape index (κ1) is 16.3. The van der Waals surface area contributed by atoms with Crippen LogP contribution in [0.25, 0.3) is 0 Å². The number of rotatable bonds is 8. The van der Waals surface area contributed by atoms with Crippen molar-refractivity contribution in [2.24, 2.45) is 5.92 Å². The van der Waals surface area contributed by atoms with Crippen LogP contribution in [-0.4, -0.2) is 32.4 Å². The molecule has 0 amide bonds. The molecule has 3 unspecified atom stereocenters. The molecule has 1 heterocycles. The van der Waals surface area contributed by atoms with Crippen molar-refractivity contribution in [1.82, 2.24) is 5.32 Å². The molecule has 3 atom stereocenters. The Kier molecular flexibility index (Phi) is 6.52. The minimum Gasteiger partial charge on any atom is -0.497 e. The molecule has 0 aliphatic carbocycles. The molecule has 1 N–H and O–H groups in total. The van der Waals surface area contributed by atoms with Crippen LogP contribution in [0.5, 0.6) is 5.75 Å². The lowest BCUT2D eigenvalue weighted by atomic mass is 9.92. The predicted octanol–water partition coefficient (Wildman–Crippen LogP) is 3.42. The van der Waals surface area contributed by atoms with E-state index < -0.39 is 0 Å². The van der Waals surface area contributed by atoms with Crippen molar-refractivity contribution in [3.05, 3.63) is 29.8 Å². The summed E-state index contributed by atoms with van der Waals surface area (Å²) in [6, 6.07) is 8.42. The van der Waals surface area contributed by atoms with E-state index in [1.54, 1.807) is 7.11 Å². The van der Waals surface area contributed by atoms with E-state index in [9.17, 15) is 0 Å². The maximum atomic E-state index is 6.00. The monoisotopic (exact) mass is 291 g/mol. The van der Waals surface area contributed by atoms with Crippen LogP contribution in [-0.2, 0) is 11.2 Å². The van der Waals surface area contributed by atoms with E-state index in [0.29, 0.717) is 18.1 Å². The lowest BCUT2D eigenvalue weighted by Crippen LogP contribution is -2.27. The van der Waals surface area contributed by atoms with Crippen LogP contribution >= 0.6 is 0 Å². The zero-order valence-corrected chi connectivity index (χ0v) is 13.6. The summed E-state index contributed by atoms with van der Waals surface area (Å²) in [6.45, 7) is 6.43. The Labute approximate surface area is 129 Å². The standard InChI is InChI=1S/C18H29NO2/c1-4-19-13-16(12-18-9-8-14(2)21-18)10-15-6-5-7-17(11-15)20-3/h5-7,11,14,16,18-19H,4,8-10,12-13H2,1-3H3. The molecule has 1 fully saturated rings. The second-order valence-corrected chi connectivity index (χ2v) is 6.11. The van der Waals surface area contributed by atoms with Gasteiger partial charge >= 0.3 is 0 Å². The van der Waals surface area contributed by atoms with Crippen molar-refractivity contribution in [3.63, 3.8) is 0 Å². The minimum atomic E-state index is 0.437. The van der Waals surface area contributed by atoms with Gasteiger partial charge in [-0.15, -0.1) is 0 Å². The highest BCUT2D eigenvalue weighted by Crippen LogP contribution is 2.26. The molecule has 0 aromatic heterocycles. The topological polar surface area (TPSA) is 30.5 Å². The number of hydrogen-bond acceptors (Lipinski definition) is 3. The van der Waals surface area contributed by atoms with E-state index >= 15 is 0 Å². The van der Waals surface area contributed by atoms with Crippen molar-refractivity contribution >= 4 is 0 Å². The lowest BCUT2D eigenvalue weighted by molar-refractivity contribution is 0.0408. The maximum Gasteiger partial charge on any atom is 0.119 e. The van der Waals surface area contributed by atoms with Gasteiger partial charge in [0.2, 0.25) is 0 Å². The van der Waals surface area contributed by atoms with Crippen LogP contribution in [0, 0.1) is 5.92 Å². The van der Waals surface area contributed by atoms with Crippen LogP contribution in [0.4, 0.5) is 0 Å². The molecule has 0 bridgehead atoms. The Morgan fingerprint density at radius 3 is 2.90 bits per heavy atom. The molecule has 1 saturated heterocycles. The molecule has 3 heteroatoms. The molecule has 0 radical (unpaired) electrons. The van der Waals surface area contributed by atoms with Gasteiger partial charge in [-0.1, -0.05) is 19.1 Å². The van der Waals surface area contributed by atoms with Gasteiger partial charge in [0.1, 0.15) is 5.75 Å². The van der Waals surface area contributed by atoms with Crippen molar-refractivity contribution in [3.8, 4) is 5.75 Å². The SMILES string of the molecule is CCNCC(Cc1cccc(OC)c1)CC1CCC(C)O1. The summed E-state index contributed by atoms with van der Waals surface area (Å²) in [5.74, 6) is 1.56. The van der Waals surface area contributed by atoms with Crippen LogP contribution < -0.4 is 10.1 Å². The average Bonchev–Trinajstić information content (AvgIpc) is 2.90. The zero-order valence-electron chi connectivity index (χ0n) is 13.6. The molecule has 118 valence electrons. The van der Waals surface area contributed by atoms with E-state index in [-0.39, 0.29) is 0 Å². The van der Waals surface area contributed by atoms with Gasteiger partial charge in [-0.3, -0.25) is 0 Å². The molecule has 1 aromatic rings. The summed E-state index contributed by atoms with van der Waals surface area (Å²) in [4.78, 5) is 0. The third-order valence-electron chi connectivity index (χ3n) is 4.26. The molecule has 0 saturated carbocycles. The average molecular weight is 291 g/mol. The number of methoxy groups -OCH3 is 1. The molecule has 1 aliphatic rings. The first-order valence-electron chi connectivity index (χ1n) is 8.20. The van der Waals surface area contributed by atoms with Gasteiger partial charge in [-0.05, 0) is 69.3 Å². The van der Waals surface area contributed by atoms with Gasteiger partial charge in [-0.2, -0.15) is 0 Å². The molecule has 21 heavy (non-hydrogen) atoms. The number of ether oxygens (including phenoxy) is 2. The predicted molar refractivity (Wildman–Crippen MR) is 86.9 cm³/mol. The van der Waals surface area contributed by atoms with E-state index in [0.717, 1.165) is 31.7 Å². The van der Waals surface area contributed by atoms with Crippen LogP contribution in [0.15, 0.2) is 24.3 Å². The Balaban J connectivity index is 1.94. The Hall–Kier alpha value is -1.06. The van der Waals surface area contributed by atoms with Gasteiger partial charge in [-0.25, -0.2) is 0 Å². The smallest absolute Gasteiger partial charge is 0.119 e. The summed E-state index contributed by atoms with van der Waals surface area (Å²) in [6.07, 6.45) is 5.52. The summed E-state index contributed by atoms with van der Waals surface area (Å²) in [7, 11) is 1.73. The fraction of sp³-hybridized carbons (Fsp3) is 0.667. The molecule has 3 nitrogen and oxygen atoms in total. The van der Waals surface area contributed by atoms with E-state index in [2.05, 4.69) is 37.4 Å². The molecule has 2 rings (SSSR count). The van der Waals surface area contributed by atoms with Gasteiger partial charge in [0.15, 0.2) is 0 Å². The maximum absolute atomic E-state index is 6.00. The fourth-order valence-electron chi connectivity index (χ4n) is 3.15. The van der Waals surface area contributed by atoms with E-state index in [1.165, 1.54) is 18.4 Å². The second-order valence-electron chi connectivity index (χ2n) is 6.11. The van der Waals surface area contributed by atoms with E-state index in [4.69, 9.17) is 9.47 Å². The molecule has 0 spiro atoms. The van der Waals surface area contributed by atoms with Gasteiger partial charge < -0.3 is 14.8 Å². The van der Waals surface area contributed by atoms with E-state index in [1.807, 2.05) is 6.07 Å². The summed E-state index contributed by atoms with van der Waals surface area (Å²) >= 11 is 0. The quantitative estimate of drug-likeness (QED) is 0.796.